The van der Waals surface area contributed by atoms with Gasteiger partial charge in [-0.3, -0.25) is 9.59 Å². The maximum absolute atomic E-state index is 11.8. The Hall–Kier alpha value is -3.15. The summed E-state index contributed by atoms with van der Waals surface area (Å²) in [7, 11) is 0. The van der Waals surface area contributed by atoms with E-state index < -0.39 is 30.5 Å². The molecular weight excluding hydrogens is 310 g/mol. The predicted octanol–water partition coefficient (Wildman–Crippen LogP) is 0.321. The van der Waals surface area contributed by atoms with E-state index in [9.17, 15) is 19.5 Å². The molecule has 0 spiro atoms. The van der Waals surface area contributed by atoms with Gasteiger partial charge >= 0.3 is 5.97 Å². The zero-order valence-electron chi connectivity index (χ0n) is 12.8. The topological polar surface area (TPSA) is 95.5 Å². The van der Waals surface area contributed by atoms with Crippen LogP contribution in [-0.4, -0.2) is 30.5 Å². The first-order valence-electron chi connectivity index (χ1n) is 7.34. The van der Waals surface area contributed by atoms with Crippen molar-refractivity contribution >= 4 is 17.8 Å². The van der Waals surface area contributed by atoms with Crippen molar-refractivity contribution in [2.45, 2.75) is 12.5 Å². The molecule has 6 heteroatoms. The van der Waals surface area contributed by atoms with Crippen LogP contribution in [0.4, 0.5) is 0 Å². The number of hydrogen-bond acceptors (Lipinski definition) is 5. The molecule has 0 radical (unpaired) electrons. The van der Waals surface area contributed by atoms with E-state index in [0.29, 0.717) is 11.1 Å². The van der Waals surface area contributed by atoms with Gasteiger partial charge in [0, 0.05) is 12.0 Å². The predicted molar refractivity (Wildman–Crippen MR) is 83.8 cm³/mol. The summed E-state index contributed by atoms with van der Waals surface area (Å²) in [5.74, 6) is -2.77. The Labute approximate surface area is 139 Å². The van der Waals surface area contributed by atoms with E-state index in [1.165, 1.54) is 0 Å². The molecule has 1 atom stereocenters. The van der Waals surface area contributed by atoms with Crippen molar-refractivity contribution in [1.29, 1.82) is 0 Å². The number of rotatable bonds is 7. The highest BCUT2D eigenvalue weighted by Crippen LogP contribution is 2.06. The smallest absolute Gasteiger partial charge is 0.326 e. The summed E-state index contributed by atoms with van der Waals surface area (Å²) in [5, 5.41) is 13.5. The standard InChI is InChI=1S/C18H17NO5/c20-16(12-19-17(21)14-9-5-2-6-10-14)24-15(18(22)23)11-13-7-3-1-4-8-13/h1-10,15H,11-12H2,(H,19,21)(H,22,23)/p-1/t15-/m1/s1. The van der Waals surface area contributed by atoms with Crippen LogP contribution in [0.15, 0.2) is 60.7 Å². The van der Waals surface area contributed by atoms with Gasteiger partial charge in [0.05, 0.1) is 5.97 Å². The monoisotopic (exact) mass is 326 g/mol. The quantitative estimate of drug-likeness (QED) is 0.739. The van der Waals surface area contributed by atoms with Crippen molar-refractivity contribution in [3.05, 3.63) is 71.8 Å². The van der Waals surface area contributed by atoms with Crippen molar-refractivity contribution in [3.63, 3.8) is 0 Å². The third-order valence-electron chi connectivity index (χ3n) is 3.23. The molecule has 0 unspecified atom stereocenters. The van der Waals surface area contributed by atoms with Gasteiger partial charge in [-0.15, -0.1) is 0 Å². The summed E-state index contributed by atoms with van der Waals surface area (Å²) in [6, 6.07) is 17.1. The lowest BCUT2D eigenvalue weighted by atomic mass is 10.1. The number of carboxylic acid groups (broad SMARTS) is 1. The SMILES string of the molecule is O=C(CNC(=O)c1ccccc1)O[C@H](Cc1ccccc1)C(=O)[O-]. The fourth-order valence-corrected chi connectivity index (χ4v) is 2.05. The Morgan fingerprint density at radius 2 is 1.54 bits per heavy atom. The van der Waals surface area contributed by atoms with Gasteiger partial charge in [-0.25, -0.2) is 0 Å². The van der Waals surface area contributed by atoms with Crippen molar-refractivity contribution in [2.24, 2.45) is 0 Å². The van der Waals surface area contributed by atoms with Crippen LogP contribution in [0.3, 0.4) is 0 Å². The second-order valence-corrected chi connectivity index (χ2v) is 5.04. The lowest BCUT2D eigenvalue weighted by Crippen LogP contribution is -2.42. The minimum Gasteiger partial charge on any atom is -0.546 e. The molecule has 0 aliphatic heterocycles. The Morgan fingerprint density at radius 3 is 2.12 bits per heavy atom. The summed E-state index contributed by atoms with van der Waals surface area (Å²) < 4.78 is 4.89. The highest BCUT2D eigenvalue weighted by molar-refractivity contribution is 5.96. The molecule has 1 N–H and O–H groups in total. The zero-order chi connectivity index (χ0) is 17.4. The fraction of sp³-hybridized carbons (Fsp3) is 0.167. The van der Waals surface area contributed by atoms with E-state index in [0.717, 1.165) is 0 Å². The maximum Gasteiger partial charge on any atom is 0.326 e. The number of ether oxygens (including phenoxy) is 1. The summed E-state index contributed by atoms with van der Waals surface area (Å²) in [5.41, 5.74) is 1.10. The van der Waals surface area contributed by atoms with Crippen LogP contribution in [0.25, 0.3) is 0 Å². The van der Waals surface area contributed by atoms with Gasteiger partial charge in [-0.1, -0.05) is 48.5 Å². The first-order chi connectivity index (χ1) is 11.6. The summed E-state index contributed by atoms with van der Waals surface area (Å²) in [4.78, 5) is 34.7. The average Bonchev–Trinajstić information content (AvgIpc) is 2.60. The molecule has 0 fully saturated rings. The van der Waals surface area contributed by atoms with Gasteiger partial charge in [0.15, 0.2) is 0 Å². The molecule has 6 nitrogen and oxygen atoms in total. The summed E-state index contributed by atoms with van der Waals surface area (Å²) in [6.45, 7) is -0.424. The van der Waals surface area contributed by atoms with E-state index in [1.807, 2.05) is 0 Å². The van der Waals surface area contributed by atoms with E-state index in [-0.39, 0.29) is 6.42 Å². The molecule has 24 heavy (non-hydrogen) atoms. The first-order valence-corrected chi connectivity index (χ1v) is 7.34. The van der Waals surface area contributed by atoms with Crippen LogP contribution in [0, 0.1) is 0 Å². The number of carboxylic acids is 1. The van der Waals surface area contributed by atoms with Crippen molar-refractivity contribution in [1.82, 2.24) is 5.32 Å². The Morgan fingerprint density at radius 1 is 0.958 bits per heavy atom. The number of hydrogen-bond donors (Lipinski definition) is 1. The molecule has 0 saturated heterocycles. The Bertz CT molecular complexity index is 700. The van der Waals surface area contributed by atoms with Crippen molar-refractivity contribution in [3.8, 4) is 0 Å². The van der Waals surface area contributed by atoms with Crippen LogP contribution < -0.4 is 10.4 Å². The third-order valence-corrected chi connectivity index (χ3v) is 3.23. The van der Waals surface area contributed by atoms with Crippen LogP contribution in [-0.2, 0) is 20.7 Å². The van der Waals surface area contributed by atoms with Crippen LogP contribution >= 0.6 is 0 Å². The molecule has 1 amide bonds. The Balaban J connectivity index is 1.87. The van der Waals surface area contributed by atoms with Crippen molar-refractivity contribution in [2.75, 3.05) is 6.54 Å². The third kappa shape index (κ3) is 5.24. The summed E-state index contributed by atoms with van der Waals surface area (Å²) in [6.07, 6.45) is -1.41. The van der Waals surface area contributed by atoms with Crippen LogP contribution in [0.2, 0.25) is 0 Å². The number of esters is 1. The highest BCUT2D eigenvalue weighted by Gasteiger charge is 2.17. The molecule has 0 aliphatic rings. The molecular formula is C18H16NO5-. The van der Waals surface area contributed by atoms with E-state index in [1.54, 1.807) is 60.7 Å². The minimum atomic E-state index is -1.48. The minimum absolute atomic E-state index is 0.00153. The zero-order valence-corrected chi connectivity index (χ0v) is 12.8. The highest BCUT2D eigenvalue weighted by atomic mass is 16.6. The summed E-state index contributed by atoms with van der Waals surface area (Å²) >= 11 is 0. The number of amides is 1. The maximum atomic E-state index is 11.8. The lowest BCUT2D eigenvalue weighted by molar-refractivity contribution is -0.315. The van der Waals surface area contributed by atoms with Crippen LogP contribution in [0.5, 0.6) is 0 Å². The van der Waals surface area contributed by atoms with Crippen LogP contribution in [0.1, 0.15) is 15.9 Å². The molecule has 2 aromatic carbocycles. The second-order valence-electron chi connectivity index (χ2n) is 5.04. The van der Waals surface area contributed by atoms with Gasteiger partial charge in [0.25, 0.3) is 5.91 Å². The first kappa shape index (κ1) is 17.2. The lowest BCUT2D eigenvalue weighted by Gasteiger charge is -2.19. The number of carbonyl (C=O) groups is 3. The molecule has 2 aromatic rings. The Kier molecular flexibility index (Phi) is 6.08. The second kappa shape index (κ2) is 8.47. The van der Waals surface area contributed by atoms with Gasteiger partial charge in [0.1, 0.15) is 12.6 Å². The molecule has 2 rings (SSSR count). The fourth-order valence-electron chi connectivity index (χ4n) is 2.05. The number of carbonyl (C=O) groups excluding carboxylic acids is 3. The molecule has 0 heterocycles. The normalized spacial score (nSPS) is 11.3. The molecule has 0 aromatic heterocycles. The molecule has 124 valence electrons. The molecule has 0 aliphatic carbocycles. The largest absolute Gasteiger partial charge is 0.546 e. The van der Waals surface area contributed by atoms with E-state index >= 15 is 0 Å². The average molecular weight is 326 g/mol. The molecule has 0 bridgehead atoms. The van der Waals surface area contributed by atoms with E-state index in [4.69, 9.17) is 4.74 Å². The van der Waals surface area contributed by atoms with Crippen molar-refractivity contribution < 1.29 is 24.2 Å². The van der Waals surface area contributed by atoms with Gasteiger partial charge in [0.2, 0.25) is 0 Å². The van der Waals surface area contributed by atoms with Gasteiger partial charge in [-0.05, 0) is 17.7 Å². The van der Waals surface area contributed by atoms with Gasteiger partial charge < -0.3 is 20.0 Å². The van der Waals surface area contributed by atoms with Gasteiger partial charge in [-0.2, -0.15) is 0 Å². The van der Waals surface area contributed by atoms with E-state index in [2.05, 4.69) is 5.32 Å². The molecule has 0 saturated carbocycles. The number of nitrogens with one attached hydrogen (secondary N) is 1. The number of benzene rings is 2. The number of aliphatic carboxylic acids is 1.